The van der Waals surface area contributed by atoms with Crippen molar-refractivity contribution in [3.8, 4) is 0 Å². The summed E-state index contributed by atoms with van der Waals surface area (Å²) < 4.78 is 0. The van der Waals surface area contributed by atoms with Crippen molar-refractivity contribution in [1.82, 2.24) is 4.90 Å². The van der Waals surface area contributed by atoms with Crippen LogP contribution in [-0.4, -0.2) is 23.4 Å². The van der Waals surface area contributed by atoms with Gasteiger partial charge in [0.05, 0.1) is 0 Å². The van der Waals surface area contributed by atoms with E-state index in [1.807, 2.05) is 42.2 Å². The van der Waals surface area contributed by atoms with Crippen LogP contribution < -0.4 is 0 Å². The maximum absolute atomic E-state index is 13.1. The average Bonchev–Trinajstić information content (AvgIpc) is 2.60. The average molecular weight is 309 g/mol. The van der Waals surface area contributed by atoms with Crippen molar-refractivity contribution in [3.05, 3.63) is 60.2 Å². The molecule has 0 N–H and O–H groups in total. The lowest BCUT2D eigenvalue weighted by atomic mass is 10.0. The second-order valence-electron chi connectivity index (χ2n) is 5.83. The van der Waals surface area contributed by atoms with Gasteiger partial charge < -0.3 is 4.90 Å². The first-order chi connectivity index (χ1) is 11.2. The highest BCUT2D eigenvalue weighted by Gasteiger charge is 2.22. The van der Waals surface area contributed by atoms with Crippen LogP contribution >= 0.6 is 0 Å². The fourth-order valence-electron chi connectivity index (χ4n) is 3.17. The quantitative estimate of drug-likeness (QED) is 0.624. The Labute approximate surface area is 139 Å². The van der Waals surface area contributed by atoms with E-state index in [1.54, 1.807) is 0 Å². The molecule has 2 heteroatoms. The van der Waals surface area contributed by atoms with Crippen molar-refractivity contribution >= 4 is 16.7 Å². The first kappa shape index (κ1) is 17.3. The molecule has 1 amide bonds. The number of carbonyl (C=O) groups is 1. The first-order valence-electron chi connectivity index (χ1n) is 8.62. The molecule has 0 bridgehead atoms. The van der Waals surface area contributed by atoms with Gasteiger partial charge in [-0.05, 0) is 49.9 Å². The molecule has 122 valence electrons. The Morgan fingerprint density at radius 1 is 1.13 bits per heavy atom. The van der Waals surface area contributed by atoms with Crippen LogP contribution in [-0.2, 0) is 0 Å². The fourth-order valence-corrected chi connectivity index (χ4v) is 3.17. The molecule has 0 aliphatic carbocycles. The van der Waals surface area contributed by atoms with Gasteiger partial charge in [0.25, 0.3) is 5.91 Å². The molecule has 0 saturated carbocycles. The lowest BCUT2D eigenvalue weighted by Crippen LogP contribution is -2.40. The number of amides is 1. The molecule has 2 rings (SSSR count). The van der Waals surface area contributed by atoms with Crippen LogP contribution in [0.15, 0.2) is 54.6 Å². The molecule has 0 aromatic heterocycles. The van der Waals surface area contributed by atoms with Crippen LogP contribution in [0.5, 0.6) is 0 Å². The highest BCUT2D eigenvalue weighted by molar-refractivity contribution is 6.07. The molecular weight excluding hydrogens is 282 g/mol. The summed E-state index contributed by atoms with van der Waals surface area (Å²) in [4.78, 5) is 15.2. The zero-order valence-corrected chi connectivity index (χ0v) is 14.5. The normalized spacial score (nSPS) is 12.7. The van der Waals surface area contributed by atoms with Crippen LogP contribution in [0.3, 0.4) is 0 Å². The third-order valence-corrected chi connectivity index (χ3v) is 4.44. The van der Waals surface area contributed by atoms with Gasteiger partial charge in [-0.15, -0.1) is 0 Å². The van der Waals surface area contributed by atoms with E-state index in [0.29, 0.717) is 6.04 Å². The van der Waals surface area contributed by atoms with Crippen molar-refractivity contribution in [2.75, 3.05) is 6.54 Å². The molecule has 0 aliphatic rings. The third kappa shape index (κ3) is 4.01. The highest BCUT2D eigenvalue weighted by atomic mass is 16.2. The molecule has 0 saturated heterocycles. The summed E-state index contributed by atoms with van der Waals surface area (Å²) in [7, 11) is 0. The number of fused-ring (bicyclic) bond motifs is 1. The summed E-state index contributed by atoms with van der Waals surface area (Å²) in [5.74, 6) is 0.150. The minimum atomic E-state index is 0.150. The van der Waals surface area contributed by atoms with Gasteiger partial charge >= 0.3 is 0 Å². The largest absolute Gasteiger partial charge is 0.336 e. The lowest BCUT2D eigenvalue weighted by molar-refractivity contribution is 0.0678. The maximum Gasteiger partial charge on any atom is 0.254 e. The number of hydrogen-bond donors (Lipinski definition) is 0. The smallest absolute Gasteiger partial charge is 0.254 e. The van der Waals surface area contributed by atoms with E-state index >= 15 is 0 Å². The van der Waals surface area contributed by atoms with Gasteiger partial charge in [-0.2, -0.15) is 0 Å². The second-order valence-corrected chi connectivity index (χ2v) is 5.83. The molecule has 0 heterocycles. The molecule has 0 radical (unpaired) electrons. The van der Waals surface area contributed by atoms with Crippen molar-refractivity contribution < 1.29 is 4.79 Å². The summed E-state index contributed by atoms with van der Waals surface area (Å²) in [6.45, 7) is 7.02. The summed E-state index contributed by atoms with van der Waals surface area (Å²) in [6.07, 6.45) is 7.29. The highest BCUT2D eigenvalue weighted by Crippen LogP contribution is 2.22. The van der Waals surface area contributed by atoms with Gasteiger partial charge in [-0.25, -0.2) is 0 Å². The summed E-state index contributed by atoms with van der Waals surface area (Å²) >= 11 is 0. The molecular formula is C21H27NO. The third-order valence-electron chi connectivity index (χ3n) is 4.44. The van der Waals surface area contributed by atoms with E-state index in [2.05, 4.69) is 38.1 Å². The fraction of sp³-hybridized carbons (Fsp3) is 0.381. The van der Waals surface area contributed by atoms with E-state index in [-0.39, 0.29) is 5.91 Å². The lowest BCUT2D eigenvalue weighted by Gasteiger charge is -2.30. The molecule has 1 unspecified atom stereocenters. The Morgan fingerprint density at radius 3 is 2.57 bits per heavy atom. The van der Waals surface area contributed by atoms with E-state index in [1.165, 1.54) is 0 Å². The van der Waals surface area contributed by atoms with Gasteiger partial charge in [0.2, 0.25) is 0 Å². The van der Waals surface area contributed by atoms with Crippen LogP contribution in [0.4, 0.5) is 0 Å². The number of allylic oxidation sites excluding steroid dienone is 2. The maximum atomic E-state index is 13.1. The number of benzene rings is 2. The monoisotopic (exact) mass is 309 g/mol. The Hall–Kier alpha value is -2.09. The van der Waals surface area contributed by atoms with Gasteiger partial charge in [-0.1, -0.05) is 55.5 Å². The second kappa shape index (κ2) is 8.52. The van der Waals surface area contributed by atoms with Gasteiger partial charge in [0.1, 0.15) is 0 Å². The minimum absolute atomic E-state index is 0.150. The molecule has 23 heavy (non-hydrogen) atoms. The van der Waals surface area contributed by atoms with E-state index < -0.39 is 0 Å². The molecule has 0 spiro atoms. The molecule has 2 aromatic carbocycles. The van der Waals surface area contributed by atoms with Crippen LogP contribution in [0.2, 0.25) is 0 Å². The van der Waals surface area contributed by atoms with Gasteiger partial charge in [-0.3, -0.25) is 4.79 Å². The van der Waals surface area contributed by atoms with E-state index in [0.717, 1.165) is 42.1 Å². The molecule has 2 nitrogen and oxygen atoms in total. The van der Waals surface area contributed by atoms with Gasteiger partial charge in [0.15, 0.2) is 0 Å². The van der Waals surface area contributed by atoms with E-state index in [9.17, 15) is 4.79 Å². The topological polar surface area (TPSA) is 20.3 Å². The minimum Gasteiger partial charge on any atom is -0.336 e. The Balaban J connectivity index is 2.30. The number of carbonyl (C=O) groups excluding carboxylic acids is 1. The number of hydrogen-bond acceptors (Lipinski definition) is 1. The zero-order valence-electron chi connectivity index (χ0n) is 14.5. The Kier molecular flexibility index (Phi) is 6.40. The Morgan fingerprint density at radius 2 is 1.87 bits per heavy atom. The predicted molar refractivity (Wildman–Crippen MR) is 98.8 cm³/mol. The van der Waals surface area contributed by atoms with Crippen LogP contribution in [0.1, 0.15) is 50.4 Å². The molecule has 1 atom stereocenters. The molecule has 2 aromatic rings. The van der Waals surface area contributed by atoms with Crippen molar-refractivity contribution in [2.45, 2.75) is 46.1 Å². The first-order valence-corrected chi connectivity index (χ1v) is 8.62. The van der Waals surface area contributed by atoms with Crippen molar-refractivity contribution in [3.63, 3.8) is 0 Å². The number of rotatable bonds is 7. The zero-order chi connectivity index (χ0) is 16.7. The van der Waals surface area contributed by atoms with Crippen LogP contribution in [0, 0.1) is 0 Å². The van der Waals surface area contributed by atoms with Crippen molar-refractivity contribution in [2.24, 2.45) is 0 Å². The summed E-state index contributed by atoms with van der Waals surface area (Å²) in [6, 6.07) is 14.4. The van der Waals surface area contributed by atoms with E-state index in [4.69, 9.17) is 0 Å². The van der Waals surface area contributed by atoms with Crippen LogP contribution in [0.25, 0.3) is 10.8 Å². The molecule has 0 fully saturated rings. The predicted octanol–water partition coefficient (Wildman–Crippen LogP) is 5.44. The Bertz CT molecular complexity index is 669. The standard InChI is InChI=1S/C21H27NO/c1-4-7-8-14-18(5-2)22(6-3)21(23)20-16-11-13-17-12-9-10-15-19(17)20/h4,7,9-13,15-16,18H,5-6,8,14H2,1-3H3. The van der Waals surface area contributed by atoms with Gasteiger partial charge in [0, 0.05) is 18.2 Å². The SMILES string of the molecule is CC=CCCC(CC)N(CC)C(=O)c1cccc2ccccc12. The summed E-state index contributed by atoms with van der Waals surface area (Å²) in [5, 5.41) is 2.16. The summed E-state index contributed by atoms with van der Waals surface area (Å²) in [5.41, 5.74) is 0.814. The molecule has 0 aliphatic heterocycles. The van der Waals surface area contributed by atoms with Crippen molar-refractivity contribution in [1.29, 1.82) is 0 Å². The number of nitrogens with zero attached hydrogens (tertiary/aromatic N) is 1.